The van der Waals surface area contributed by atoms with Gasteiger partial charge in [-0.3, -0.25) is 0 Å². The molecule has 8 heteroatoms. The number of aryl methyl sites for hydroxylation is 1. The molecular weight excluding hydrogens is 318 g/mol. The summed E-state index contributed by atoms with van der Waals surface area (Å²) in [4.78, 5) is 8.90. The molecule has 0 unspecified atom stereocenters. The average Bonchev–Trinajstić information content (AvgIpc) is 3.05. The maximum atomic E-state index is 5.53. The molecule has 3 aromatic rings. The normalized spacial score (nSPS) is 11.2. The minimum atomic E-state index is 0.244. The van der Waals surface area contributed by atoms with Gasteiger partial charge in [0, 0.05) is 18.8 Å². The van der Waals surface area contributed by atoms with Crippen LogP contribution in [-0.2, 0) is 4.74 Å². The highest BCUT2D eigenvalue weighted by atomic mass is 16.5. The first kappa shape index (κ1) is 17.1. The first-order valence-electron chi connectivity index (χ1n) is 8.39. The highest BCUT2D eigenvalue weighted by Crippen LogP contribution is 2.22. The van der Waals surface area contributed by atoms with Crippen LogP contribution in [-0.4, -0.2) is 44.6 Å². The molecule has 132 valence electrons. The fraction of sp³-hybridized carbons (Fsp3) is 0.412. The van der Waals surface area contributed by atoms with Crippen molar-refractivity contribution in [1.29, 1.82) is 0 Å². The van der Waals surface area contributed by atoms with E-state index in [1.807, 2.05) is 38.1 Å². The van der Waals surface area contributed by atoms with Gasteiger partial charge in [-0.25, -0.2) is 0 Å². The van der Waals surface area contributed by atoms with Crippen LogP contribution in [0, 0.1) is 6.92 Å². The summed E-state index contributed by atoms with van der Waals surface area (Å²) in [6.07, 6.45) is 1.12. The quantitative estimate of drug-likeness (QED) is 0.541. The van der Waals surface area contributed by atoms with E-state index in [0.29, 0.717) is 29.5 Å². The lowest BCUT2D eigenvalue weighted by Gasteiger charge is -2.10. The minimum absolute atomic E-state index is 0.244. The number of aromatic amines is 1. The van der Waals surface area contributed by atoms with Gasteiger partial charge in [0.1, 0.15) is 0 Å². The molecule has 0 fully saturated rings. The number of rotatable bonds is 8. The molecule has 0 spiro atoms. The fourth-order valence-corrected chi connectivity index (χ4v) is 2.28. The molecule has 0 aliphatic carbocycles. The van der Waals surface area contributed by atoms with Crippen molar-refractivity contribution >= 4 is 28.6 Å². The van der Waals surface area contributed by atoms with Gasteiger partial charge >= 0.3 is 0 Å². The van der Waals surface area contributed by atoms with Crippen molar-refractivity contribution in [2.24, 2.45) is 0 Å². The van der Waals surface area contributed by atoms with E-state index in [1.165, 1.54) is 5.56 Å². The number of hydrogen-bond acceptors (Lipinski definition) is 7. The highest BCUT2D eigenvalue weighted by Gasteiger charge is 2.11. The predicted molar refractivity (Wildman–Crippen MR) is 98.1 cm³/mol. The summed E-state index contributed by atoms with van der Waals surface area (Å²) in [5.41, 5.74) is 3.26. The lowest BCUT2D eigenvalue weighted by molar-refractivity contribution is 0.0787. The largest absolute Gasteiger partial charge is 0.379 e. The Labute approximate surface area is 146 Å². The zero-order chi connectivity index (χ0) is 17.6. The van der Waals surface area contributed by atoms with E-state index in [1.54, 1.807) is 0 Å². The third-order valence-electron chi connectivity index (χ3n) is 3.55. The second-order valence-electron chi connectivity index (χ2n) is 6.08. The lowest BCUT2D eigenvalue weighted by atomic mass is 10.2. The molecule has 0 bridgehead atoms. The van der Waals surface area contributed by atoms with E-state index in [-0.39, 0.29) is 6.10 Å². The molecular formula is C17H23N7O. The van der Waals surface area contributed by atoms with Crippen molar-refractivity contribution in [2.45, 2.75) is 33.3 Å². The Kier molecular flexibility index (Phi) is 5.39. The van der Waals surface area contributed by atoms with Gasteiger partial charge in [0.25, 0.3) is 0 Å². The number of aromatic nitrogens is 5. The van der Waals surface area contributed by atoms with Gasteiger partial charge in [0.2, 0.25) is 11.6 Å². The van der Waals surface area contributed by atoms with Gasteiger partial charge in [-0.1, -0.05) is 17.7 Å². The van der Waals surface area contributed by atoms with Crippen LogP contribution in [0.5, 0.6) is 0 Å². The first-order valence-corrected chi connectivity index (χ1v) is 8.39. The average molecular weight is 341 g/mol. The van der Waals surface area contributed by atoms with Gasteiger partial charge in [-0.05, 0) is 39.3 Å². The molecule has 0 radical (unpaired) electrons. The Morgan fingerprint density at radius 3 is 2.68 bits per heavy atom. The van der Waals surface area contributed by atoms with Gasteiger partial charge in [-0.15, -0.1) is 5.10 Å². The third-order valence-corrected chi connectivity index (χ3v) is 3.55. The van der Waals surface area contributed by atoms with Gasteiger partial charge in [0.15, 0.2) is 11.3 Å². The van der Waals surface area contributed by atoms with Crippen molar-refractivity contribution < 1.29 is 4.74 Å². The Balaban J connectivity index is 1.71. The van der Waals surface area contributed by atoms with E-state index in [9.17, 15) is 0 Å². The Bertz CT molecular complexity index is 813. The summed E-state index contributed by atoms with van der Waals surface area (Å²) in [5, 5.41) is 17.3. The van der Waals surface area contributed by atoms with E-state index < -0.39 is 0 Å². The molecule has 0 aliphatic heterocycles. The van der Waals surface area contributed by atoms with Crippen LogP contribution in [0.4, 0.5) is 17.5 Å². The maximum Gasteiger partial charge on any atom is 0.226 e. The second kappa shape index (κ2) is 7.89. The lowest BCUT2D eigenvalue weighted by Crippen LogP contribution is -2.11. The Morgan fingerprint density at radius 1 is 1.12 bits per heavy atom. The van der Waals surface area contributed by atoms with E-state index in [2.05, 4.69) is 42.9 Å². The molecule has 3 N–H and O–H groups in total. The summed E-state index contributed by atoms with van der Waals surface area (Å²) >= 11 is 0. The van der Waals surface area contributed by atoms with Gasteiger partial charge in [-0.2, -0.15) is 20.3 Å². The molecule has 0 saturated carbocycles. The number of hydrogen-bond donors (Lipinski definition) is 3. The molecule has 2 aromatic heterocycles. The standard InChI is InChI=1S/C17H23N7O/c1-11(2)25-10-4-9-18-17-20-15(14-16(21-17)23-24-22-14)19-13-7-5-12(3)6-8-13/h5-8,11H,4,9-10H2,1-3H3,(H3,18,19,20,21,22,23,24). The minimum Gasteiger partial charge on any atom is -0.379 e. The first-order chi connectivity index (χ1) is 12.1. The third kappa shape index (κ3) is 4.63. The molecule has 0 amide bonds. The Morgan fingerprint density at radius 2 is 1.92 bits per heavy atom. The van der Waals surface area contributed by atoms with E-state index >= 15 is 0 Å². The van der Waals surface area contributed by atoms with Gasteiger partial charge in [0.05, 0.1) is 6.10 Å². The smallest absolute Gasteiger partial charge is 0.226 e. The fourth-order valence-electron chi connectivity index (χ4n) is 2.28. The maximum absolute atomic E-state index is 5.53. The zero-order valence-electron chi connectivity index (χ0n) is 14.7. The summed E-state index contributed by atoms with van der Waals surface area (Å²) in [6.45, 7) is 7.52. The molecule has 0 atom stereocenters. The van der Waals surface area contributed by atoms with Crippen molar-refractivity contribution in [2.75, 3.05) is 23.8 Å². The molecule has 8 nitrogen and oxygen atoms in total. The highest BCUT2D eigenvalue weighted by molar-refractivity contribution is 5.85. The number of ether oxygens (including phenoxy) is 1. The number of fused-ring (bicyclic) bond motifs is 1. The van der Waals surface area contributed by atoms with E-state index in [0.717, 1.165) is 18.7 Å². The molecule has 25 heavy (non-hydrogen) atoms. The summed E-state index contributed by atoms with van der Waals surface area (Å²) in [7, 11) is 0. The number of H-pyrrole nitrogens is 1. The summed E-state index contributed by atoms with van der Waals surface area (Å²) < 4.78 is 5.53. The van der Waals surface area contributed by atoms with Crippen LogP contribution in [0.25, 0.3) is 11.2 Å². The second-order valence-corrected chi connectivity index (χ2v) is 6.08. The van der Waals surface area contributed by atoms with Gasteiger partial charge < -0.3 is 15.4 Å². The number of nitrogens with one attached hydrogen (secondary N) is 3. The number of benzene rings is 1. The van der Waals surface area contributed by atoms with Crippen LogP contribution >= 0.6 is 0 Å². The van der Waals surface area contributed by atoms with Crippen molar-refractivity contribution in [1.82, 2.24) is 25.4 Å². The van der Waals surface area contributed by atoms with Crippen LogP contribution in [0.15, 0.2) is 24.3 Å². The topological polar surface area (TPSA) is 101 Å². The number of nitrogens with zero attached hydrogens (tertiary/aromatic N) is 4. The van der Waals surface area contributed by atoms with E-state index in [4.69, 9.17) is 4.74 Å². The monoisotopic (exact) mass is 341 g/mol. The van der Waals surface area contributed by atoms with Crippen LogP contribution in [0.1, 0.15) is 25.8 Å². The molecule has 2 heterocycles. The predicted octanol–water partition coefficient (Wildman–Crippen LogP) is 3.03. The molecule has 3 rings (SSSR count). The molecule has 0 aliphatic rings. The summed E-state index contributed by atoms with van der Waals surface area (Å²) in [5.74, 6) is 1.13. The van der Waals surface area contributed by atoms with Crippen LogP contribution in [0.2, 0.25) is 0 Å². The van der Waals surface area contributed by atoms with Crippen molar-refractivity contribution in [3.05, 3.63) is 29.8 Å². The number of anilines is 3. The van der Waals surface area contributed by atoms with Crippen molar-refractivity contribution in [3.63, 3.8) is 0 Å². The SMILES string of the molecule is Cc1ccc(Nc2nc(NCCCOC(C)C)nc3n[nH]nc23)cc1. The Hall–Kier alpha value is -2.74. The molecule has 0 saturated heterocycles. The van der Waals surface area contributed by atoms with Crippen LogP contribution < -0.4 is 10.6 Å². The zero-order valence-corrected chi connectivity index (χ0v) is 14.7. The van der Waals surface area contributed by atoms with Crippen molar-refractivity contribution in [3.8, 4) is 0 Å². The van der Waals surface area contributed by atoms with Crippen LogP contribution in [0.3, 0.4) is 0 Å². The molecule has 1 aromatic carbocycles. The summed E-state index contributed by atoms with van der Waals surface area (Å²) in [6, 6.07) is 8.08.